The van der Waals surface area contributed by atoms with Gasteiger partial charge in [-0.3, -0.25) is 4.79 Å². The summed E-state index contributed by atoms with van der Waals surface area (Å²) < 4.78 is 0.982. The van der Waals surface area contributed by atoms with Gasteiger partial charge in [0.05, 0.1) is 17.0 Å². The minimum absolute atomic E-state index is 0.0324. The zero-order valence-electron chi connectivity index (χ0n) is 12.1. The number of fused-ring (bicyclic) bond motifs is 1. The fourth-order valence-corrected chi connectivity index (χ4v) is 3.11. The maximum absolute atomic E-state index is 11.9. The minimum atomic E-state index is -0.0324. The van der Waals surface area contributed by atoms with E-state index in [9.17, 15) is 4.79 Å². The average molecular weight is 369 g/mol. The molecule has 6 heteroatoms. The molecule has 4 rings (SSSR count). The van der Waals surface area contributed by atoms with E-state index in [1.165, 1.54) is 0 Å². The van der Waals surface area contributed by atoms with E-state index in [1.807, 2.05) is 36.4 Å². The molecule has 1 aliphatic rings. The van der Waals surface area contributed by atoms with Gasteiger partial charge in [0.15, 0.2) is 5.82 Å². The van der Waals surface area contributed by atoms with Crippen molar-refractivity contribution in [3.8, 4) is 22.8 Å². The molecule has 3 heterocycles. The molecule has 1 aliphatic heterocycles. The van der Waals surface area contributed by atoms with Crippen molar-refractivity contribution >= 4 is 21.8 Å². The monoisotopic (exact) mass is 368 g/mol. The van der Waals surface area contributed by atoms with Gasteiger partial charge in [-0.05, 0) is 24.3 Å². The molecular formula is C17H13BrN4O. The van der Waals surface area contributed by atoms with Crippen LogP contribution in [0.2, 0.25) is 0 Å². The lowest BCUT2D eigenvalue weighted by Gasteiger charge is -2.10. The summed E-state index contributed by atoms with van der Waals surface area (Å²) in [7, 11) is 0. The third-order valence-corrected chi connectivity index (χ3v) is 4.31. The Balaban J connectivity index is 1.76. The van der Waals surface area contributed by atoms with Crippen molar-refractivity contribution in [3.05, 3.63) is 58.3 Å². The average Bonchev–Trinajstić information content (AvgIpc) is 3.01. The topological polar surface area (TPSA) is 70.7 Å². The maximum Gasteiger partial charge on any atom is 0.253 e. The zero-order chi connectivity index (χ0) is 15.8. The first-order valence-corrected chi connectivity index (χ1v) is 8.09. The van der Waals surface area contributed by atoms with Crippen LogP contribution in [0.4, 0.5) is 0 Å². The molecule has 114 valence electrons. The molecule has 1 amide bonds. The number of benzene rings is 1. The van der Waals surface area contributed by atoms with E-state index in [2.05, 4.69) is 36.2 Å². The van der Waals surface area contributed by atoms with E-state index in [1.54, 1.807) is 6.20 Å². The third-order valence-electron chi connectivity index (χ3n) is 3.82. The van der Waals surface area contributed by atoms with Crippen molar-refractivity contribution in [2.24, 2.45) is 0 Å². The molecule has 0 bridgehead atoms. The summed E-state index contributed by atoms with van der Waals surface area (Å²) >= 11 is 3.46. The van der Waals surface area contributed by atoms with Crippen LogP contribution in [0, 0.1) is 0 Å². The highest BCUT2D eigenvalue weighted by molar-refractivity contribution is 9.10. The predicted octanol–water partition coefficient (Wildman–Crippen LogP) is 3.19. The van der Waals surface area contributed by atoms with Crippen LogP contribution in [0.15, 0.2) is 47.1 Å². The Morgan fingerprint density at radius 1 is 1.17 bits per heavy atom. The lowest BCUT2D eigenvalue weighted by Crippen LogP contribution is -2.31. The van der Waals surface area contributed by atoms with Crippen LogP contribution in [0.25, 0.3) is 22.8 Å². The molecule has 0 aliphatic carbocycles. The fraction of sp³-hybridized carbons (Fsp3) is 0.118. The molecule has 0 unspecified atom stereocenters. The number of hydrogen-bond acceptors (Lipinski definition) is 3. The Bertz CT molecular complexity index is 903. The van der Waals surface area contributed by atoms with Crippen LogP contribution in [0.3, 0.4) is 0 Å². The number of aromatic nitrogens is 3. The lowest BCUT2D eigenvalue weighted by molar-refractivity contribution is 0.0946. The SMILES string of the molecule is O=C1NCCc2[nH]c(-c3ccnc(-c4cccc(Br)c4)n3)cc21. The molecule has 3 aromatic rings. The van der Waals surface area contributed by atoms with Crippen LogP contribution in [0.1, 0.15) is 16.1 Å². The summed E-state index contributed by atoms with van der Waals surface area (Å²) in [6.07, 6.45) is 2.54. The summed E-state index contributed by atoms with van der Waals surface area (Å²) in [6, 6.07) is 11.6. The number of aromatic amines is 1. The van der Waals surface area contributed by atoms with Crippen LogP contribution in [-0.4, -0.2) is 27.4 Å². The first kappa shape index (κ1) is 14.1. The largest absolute Gasteiger partial charge is 0.356 e. The molecule has 5 nitrogen and oxygen atoms in total. The second-order valence-corrected chi connectivity index (χ2v) is 6.27. The maximum atomic E-state index is 11.9. The fourth-order valence-electron chi connectivity index (χ4n) is 2.71. The number of nitrogens with zero attached hydrogens (tertiary/aromatic N) is 2. The first-order chi connectivity index (χ1) is 11.2. The first-order valence-electron chi connectivity index (χ1n) is 7.30. The van der Waals surface area contributed by atoms with Gasteiger partial charge in [0, 0.05) is 34.9 Å². The van der Waals surface area contributed by atoms with Gasteiger partial charge in [0.25, 0.3) is 5.91 Å². The van der Waals surface area contributed by atoms with Gasteiger partial charge < -0.3 is 10.3 Å². The van der Waals surface area contributed by atoms with Gasteiger partial charge in [0.1, 0.15) is 0 Å². The molecule has 0 saturated heterocycles. The number of H-pyrrole nitrogens is 1. The number of amides is 1. The van der Waals surface area contributed by atoms with E-state index >= 15 is 0 Å². The van der Waals surface area contributed by atoms with Gasteiger partial charge >= 0.3 is 0 Å². The van der Waals surface area contributed by atoms with Crippen LogP contribution >= 0.6 is 15.9 Å². The summed E-state index contributed by atoms with van der Waals surface area (Å²) in [5, 5.41) is 2.85. The molecule has 1 aromatic carbocycles. The van der Waals surface area contributed by atoms with Crippen molar-refractivity contribution in [3.63, 3.8) is 0 Å². The Hall–Kier alpha value is -2.47. The van der Waals surface area contributed by atoms with Crippen molar-refractivity contribution in [2.75, 3.05) is 6.54 Å². The number of carbonyl (C=O) groups is 1. The van der Waals surface area contributed by atoms with E-state index in [0.717, 1.165) is 33.5 Å². The van der Waals surface area contributed by atoms with Gasteiger partial charge in [0.2, 0.25) is 0 Å². The van der Waals surface area contributed by atoms with Crippen molar-refractivity contribution in [2.45, 2.75) is 6.42 Å². The molecule has 0 fully saturated rings. The lowest BCUT2D eigenvalue weighted by atomic mass is 10.1. The van der Waals surface area contributed by atoms with Crippen molar-refractivity contribution < 1.29 is 4.79 Å². The van der Waals surface area contributed by atoms with E-state index in [0.29, 0.717) is 17.9 Å². The summed E-state index contributed by atoms with van der Waals surface area (Å²) in [5.41, 5.74) is 4.22. The van der Waals surface area contributed by atoms with E-state index in [-0.39, 0.29) is 5.91 Å². The van der Waals surface area contributed by atoms with E-state index in [4.69, 9.17) is 0 Å². The Morgan fingerprint density at radius 2 is 2.09 bits per heavy atom. The highest BCUT2D eigenvalue weighted by Gasteiger charge is 2.20. The number of nitrogens with one attached hydrogen (secondary N) is 2. The molecule has 0 spiro atoms. The highest BCUT2D eigenvalue weighted by Crippen LogP contribution is 2.25. The predicted molar refractivity (Wildman–Crippen MR) is 91.0 cm³/mol. The van der Waals surface area contributed by atoms with Crippen molar-refractivity contribution in [1.82, 2.24) is 20.3 Å². The number of halogens is 1. The van der Waals surface area contributed by atoms with E-state index < -0.39 is 0 Å². The Morgan fingerprint density at radius 3 is 2.91 bits per heavy atom. The smallest absolute Gasteiger partial charge is 0.253 e. The normalized spacial score (nSPS) is 13.5. The standard InChI is InChI=1S/C17H13BrN4O/c18-11-3-1-2-10(8-11)16-19-6-5-14(22-16)15-9-12-13(21-15)4-7-20-17(12)23/h1-3,5-6,8-9,21H,4,7H2,(H,20,23). The molecule has 0 radical (unpaired) electrons. The Kier molecular flexibility index (Phi) is 3.46. The third kappa shape index (κ3) is 2.66. The molecule has 0 atom stereocenters. The second kappa shape index (κ2) is 5.62. The van der Waals surface area contributed by atoms with Crippen LogP contribution in [0.5, 0.6) is 0 Å². The van der Waals surface area contributed by atoms with Crippen LogP contribution in [-0.2, 0) is 6.42 Å². The quantitative estimate of drug-likeness (QED) is 0.729. The minimum Gasteiger partial charge on any atom is -0.356 e. The van der Waals surface area contributed by atoms with Crippen LogP contribution < -0.4 is 5.32 Å². The number of hydrogen-bond donors (Lipinski definition) is 2. The van der Waals surface area contributed by atoms with Gasteiger partial charge in [-0.2, -0.15) is 0 Å². The van der Waals surface area contributed by atoms with Crippen molar-refractivity contribution in [1.29, 1.82) is 0 Å². The summed E-state index contributed by atoms with van der Waals surface area (Å²) in [6.45, 7) is 0.666. The Labute approximate surface area is 141 Å². The van der Waals surface area contributed by atoms with Gasteiger partial charge in [-0.15, -0.1) is 0 Å². The zero-order valence-corrected chi connectivity index (χ0v) is 13.7. The number of carbonyl (C=O) groups excluding carboxylic acids is 1. The highest BCUT2D eigenvalue weighted by atomic mass is 79.9. The molecule has 23 heavy (non-hydrogen) atoms. The molecule has 2 aromatic heterocycles. The van der Waals surface area contributed by atoms with Gasteiger partial charge in [-0.1, -0.05) is 28.1 Å². The molecular weight excluding hydrogens is 356 g/mol. The molecule has 0 saturated carbocycles. The second-order valence-electron chi connectivity index (χ2n) is 5.36. The number of rotatable bonds is 2. The summed E-state index contributed by atoms with van der Waals surface area (Å²) in [5.74, 6) is 0.621. The van der Waals surface area contributed by atoms with Gasteiger partial charge in [-0.25, -0.2) is 9.97 Å². The molecule has 2 N–H and O–H groups in total. The summed E-state index contributed by atoms with van der Waals surface area (Å²) in [4.78, 5) is 24.2.